The maximum absolute atomic E-state index is 12.5. The van der Waals surface area contributed by atoms with Crippen LogP contribution in [0.2, 0.25) is 0 Å². The molecule has 1 amide bonds. The van der Waals surface area contributed by atoms with Crippen LogP contribution < -0.4 is 5.32 Å². The van der Waals surface area contributed by atoms with Crippen LogP contribution >= 0.6 is 0 Å². The van der Waals surface area contributed by atoms with Crippen molar-refractivity contribution in [2.75, 3.05) is 19.8 Å². The molecule has 0 aromatic heterocycles. The molecule has 2 aliphatic rings. The molecule has 0 aromatic carbocycles. The second kappa shape index (κ2) is 41.0. The third-order valence-corrected chi connectivity index (χ3v) is 13.6. The van der Waals surface area contributed by atoms with Crippen LogP contribution in [0.3, 0.4) is 0 Å². The van der Waals surface area contributed by atoms with E-state index >= 15 is 0 Å². The van der Waals surface area contributed by atoms with Gasteiger partial charge in [0.25, 0.3) is 0 Å². The van der Waals surface area contributed by atoms with Gasteiger partial charge < -0.3 is 65.1 Å². The van der Waals surface area contributed by atoms with Crippen molar-refractivity contribution in [3.8, 4) is 0 Å². The van der Waals surface area contributed by atoms with Gasteiger partial charge in [0.2, 0.25) is 5.91 Å². The van der Waals surface area contributed by atoms with Crippen molar-refractivity contribution in [1.82, 2.24) is 5.32 Å². The molecule has 0 spiro atoms. The van der Waals surface area contributed by atoms with E-state index < -0.39 is 86.8 Å². The largest absolute Gasteiger partial charge is 0.394 e. The number of hydrogen-bond acceptors (Lipinski definition) is 13. The van der Waals surface area contributed by atoms with Crippen LogP contribution in [0.4, 0.5) is 0 Å². The maximum Gasteiger partial charge on any atom is 0.220 e. The van der Waals surface area contributed by atoms with Crippen molar-refractivity contribution in [3.63, 3.8) is 0 Å². The molecule has 0 saturated carbocycles. The van der Waals surface area contributed by atoms with Gasteiger partial charge in [-0.1, -0.05) is 205 Å². The molecule has 9 N–H and O–H groups in total. The van der Waals surface area contributed by atoms with Gasteiger partial charge in [-0.25, -0.2) is 0 Å². The molecule has 2 aliphatic heterocycles. The lowest BCUT2D eigenvalue weighted by Crippen LogP contribution is -2.65. The molecule has 2 rings (SSSR count). The normalized spacial score (nSPS) is 26.5. The molecule has 14 nitrogen and oxygen atoms in total. The van der Waals surface area contributed by atoms with Crippen LogP contribution in [0.15, 0.2) is 24.3 Å². The summed E-state index contributed by atoms with van der Waals surface area (Å²) in [6, 6.07) is -0.923. The van der Waals surface area contributed by atoms with Gasteiger partial charge in [0, 0.05) is 6.42 Å². The average Bonchev–Trinajstić information content (AvgIpc) is 3.33. The van der Waals surface area contributed by atoms with Crippen LogP contribution in [0.1, 0.15) is 219 Å². The third-order valence-electron chi connectivity index (χ3n) is 13.6. The monoisotopic (exact) mass is 972 g/mol. The number of nitrogens with one attached hydrogen (secondary N) is 1. The first-order valence-electron chi connectivity index (χ1n) is 27.6. The Morgan fingerprint density at radius 2 is 0.941 bits per heavy atom. The number of ether oxygens (including phenoxy) is 4. The van der Waals surface area contributed by atoms with Gasteiger partial charge in [-0.15, -0.1) is 0 Å². The summed E-state index contributed by atoms with van der Waals surface area (Å²) in [6.45, 7) is 2.40. The number of aliphatic hydroxyl groups excluding tert-OH is 8. The van der Waals surface area contributed by atoms with Gasteiger partial charge in [0.1, 0.15) is 48.8 Å². The number of unbranched alkanes of at least 4 members (excludes halogenated alkanes) is 28. The van der Waals surface area contributed by atoms with Crippen molar-refractivity contribution in [2.24, 2.45) is 0 Å². The quantitative estimate of drug-likeness (QED) is 0.0208. The van der Waals surface area contributed by atoms with Gasteiger partial charge >= 0.3 is 0 Å². The Bertz CT molecular complexity index is 1240. The van der Waals surface area contributed by atoms with E-state index in [1.807, 2.05) is 13.0 Å². The summed E-state index contributed by atoms with van der Waals surface area (Å²) in [5.74, 6) is -0.302. The van der Waals surface area contributed by atoms with E-state index in [1.165, 1.54) is 173 Å². The highest BCUT2D eigenvalue weighted by atomic mass is 16.7. The van der Waals surface area contributed by atoms with Crippen LogP contribution in [-0.4, -0.2) is 140 Å². The molecule has 12 unspecified atom stereocenters. The molecular weight excluding hydrogens is 871 g/mol. The molecule has 0 radical (unpaired) electrons. The standard InChI is InChI=1S/C54H101NO13/c1-3-5-6-7-8-9-10-11-12-13-14-15-16-17-18-19-20-21-22-23-24-25-26-27-28-29-30-31-32-33-34-35-36-38-43(58)42(55-46(59)37-4-2)41-65-53-51(64)49(62)52(45(40-57)67-53)68-54-50(63)48(61)47(60)44(39-56)66-54/h32-33,36,38,42-45,47-54,56-58,60-64H,3-31,34-35,37,39-41H2,1-2H3,(H,55,59)/b33-32+,38-36+. The zero-order chi connectivity index (χ0) is 49.6. The molecule has 2 heterocycles. The molecule has 2 saturated heterocycles. The molecule has 0 bridgehead atoms. The van der Waals surface area contributed by atoms with Gasteiger partial charge in [0.15, 0.2) is 12.6 Å². The maximum atomic E-state index is 12.5. The fraction of sp³-hybridized carbons (Fsp3) is 0.907. The van der Waals surface area contributed by atoms with E-state index in [0.29, 0.717) is 12.8 Å². The number of allylic oxidation sites excluding steroid dienone is 3. The minimum atomic E-state index is -1.79. The van der Waals surface area contributed by atoms with Crippen LogP contribution in [0.25, 0.3) is 0 Å². The first-order chi connectivity index (χ1) is 33.1. The highest BCUT2D eigenvalue weighted by molar-refractivity contribution is 5.76. The van der Waals surface area contributed by atoms with E-state index in [4.69, 9.17) is 18.9 Å². The summed E-state index contributed by atoms with van der Waals surface area (Å²) < 4.78 is 22.4. The molecule has 12 atom stereocenters. The minimum Gasteiger partial charge on any atom is -0.394 e. The Morgan fingerprint density at radius 1 is 0.515 bits per heavy atom. The van der Waals surface area contributed by atoms with Crippen molar-refractivity contribution in [1.29, 1.82) is 0 Å². The zero-order valence-corrected chi connectivity index (χ0v) is 42.6. The summed E-state index contributed by atoms with van der Waals surface area (Å²) in [4.78, 5) is 12.5. The molecule has 14 heteroatoms. The SMILES string of the molecule is CCCCCCCCCCCCCCCCCCCCCCCCCCCCC/C=C/CC/C=C/C(O)C(COC1OC(CO)C(OC2OC(CO)C(O)C(O)C2O)C(O)C1O)NC(=O)CCC. The zero-order valence-electron chi connectivity index (χ0n) is 42.6. The van der Waals surface area contributed by atoms with Crippen LogP contribution in [-0.2, 0) is 23.7 Å². The molecule has 2 fully saturated rings. The molecule has 0 aliphatic carbocycles. The number of carbonyl (C=O) groups excluding carboxylic acids is 1. The number of carbonyl (C=O) groups is 1. The van der Waals surface area contributed by atoms with E-state index in [0.717, 1.165) is 12.8 Å². The lowest BCUT2D eigenvalue weighted by molar-refractivity contribution is -0.359. The van der Waals surface area contributed by atoms with Crippen molar-refractivity contribution in [2.45, 2.75) is 293 Å². The number of hydrogen-bond donors (Lipinski definition) is 9. The molecule has 0 aromatic rings. The predicted octanol–water partition coefficient (Wildman–Crippen LogP) is 8.11. The lowest BCUT2D eigenvalue weighted by Gasteiger charge is -2.46. The van der Waals surface area contributed by atoms with E-state index in [9.17, 15) is 45.6 Å². The second-order valence-electron chi connectivity index (χ2n) is 19.7. The van der Waals surface area contributed by atoms with Crippen molar-refractivity contribution < 1.29 is 64.6 Å². The lowest BCUT2D eigenvalue weighted by atomic mass is 9.97. The van der Waals surface area contributed by atoms with Gasteiger partial charge in [0.05, 0.1) is 32.0 Å². The van der Waals surface area contributed by atoms with Crippen molar-refractivity contribution >= 4 is 5.91 Å². The van der Waals surface area contributed by atoms with E-state index in [-0.39, 0.29) is 18.9 Å². The fourth-order valence-corrected chi connectivity index (χ4v) is 9.18. The Hall–Kier alpha value is -1.53. The first kappa shape index (κ1) is 62.6. The summed E-state index contributed by atoms with van der Waals surface area (Å²) in [5, 5.41) is 85.7. The molecule has 68 heavy (non-hydrogen) atoms. The minimum absolute atomic E-state index is 0.224. The molecule has 400 valence electrons. The molecular formula is C54H101NO13. The topological polar surface area (TPSA) is 228 Å². The second-order valence-corrected chi connectivity index (χ2v) is 19.7. The Labute approximate surface area is 411 Å². The average molecular weight is 972 g/mol. The highest BCUT2D eigenvalue weighted by Gasteiger charge is 2.51. The van der Waals surface area contributed by atoms with Crippen LogP contribution in [0.5, 0.6) is 0 Å². The fourth-order valence-electron chi connectivity index (χ4n) is 9.18. The smallest absolute Gasteiger partial charge is 0.220 e. The number of rotatable bonds is 43. The van der Waals surface area contributed by atoms with E-state index in [1.54, 1.807) is 6.08 Å². The summed E-state index contributed by atoms with van der Waals surface area (Å²) in [7, 11) is 0. The van der Waals surface area contributed by atoms with Crippen molar-refractivity contribution in [3.05, 3.63) is 24.3 Å². The Balaban J connectivity index is 1.51. The van der Waals surface area contributed by atoms with Gasteiger partial charge in [-0.05, 0) is 32.1 Å². The van der Waals surface area contributed by atoms with E-state index in [2.05, 4.69) is 24.4 Å². The Morgan fingerprint density at radius 3 is 1.41 bits per heavy atom. The summed E-state index contributed by atoms with van der Waals surface area (Å²) in [5.41, 5.74) is 0. The number of amides is 1. The third kappa shape index (κ3) is 27.3. The Kier molecular flexibility index (Phi) is 37.7. The summed E-state index contributed by atoms with van der Waals surface area (Å²) >= 11 is 0. The van der Waals surface area contributed by atoms with Gasteiger partial charge in [-0.2, -0.15) is 0 Å². The summed E-state index contributed by atoms with van der Waals surface area (Å²) in [6.07, 6.45) is 31.8. The van der Waals surface area contributed by atoms with Crippen LogP contribution in [0, 0.1) is 0 Å². The van der Waals surface area contributed by atoms with Gasteiger partial charge in [-0.3, -0.25) is 4.79 Å². The number of aliphatic hydroxyl groups is 8. The first-order valence-corrected chi connectivity index (χ1v) is 27.6. The highest BCUT2D eigenvalue weighted by Crippen LogP contribution is 2.30. The predicted molar refractivity (Wildman–Crippen MR) is 268 cm³/mol.